The van der Waals surface area contributed by atoms with E-state index < -0.39 is 0 Å². The number of carbonyl (C=O) groups excluding carboxylic acids is 1. The molecule has 1 N–H and O–H groups in total. The molecular formula is C15H19NO3. The predicted octanol–water partition coefficient (Wildman–Crippen LogP) is 2.97. The number of rotatable bonds is 5. The summed E-state index contributed by atoms with van der Waals surface area (Å²) in [6.45, 7) is 2.86. The smallest absolute Gasteiger partial charge is 0.340 e. The summed E-state index contributed by atoms with van der Waals surface area (Å²) in [5.41, 5.74) is 1.36. The maximum Gasteiger partial charge on any atom is 0.340 e. The van der Waals surface area contributed by atoms with Crippen LogP contribution < -0.4 is 5.32 Å². The van der Waals surface area contributed by atoms with Crippen LogP contribution in [0.5, 0.6) is 0 Å². The van der Waals surface area contributed by atoms with Gasteiger partial charge in [0.25, 0.3) is 0 Å². The molecule has 1 aliphatic heterocycles. The lowest BCUT2D eigenvalue weighted by Crippen LogP contribution is -2.24. The molecule has 0 saturated carbocycles. The number of anilines is 1. The monoisotopic (exact) mass is 261 g/mol. The lowest BCUT2D eigenvalue weighted by Gasteiger charge is -2.21. The summed E-state index contributed by atoms with van der Waals surface area (Å²) in [7, 11) is 0. The number of hydrogen-bond acceptors (Lipinski definition) is 4. The molecule has 19 heavy (non-hydrogen) atoms. The van der Waals surface area contributed by atoms with Gasteiger partial charge in [0.2, 0.25) is 0 Å². The molecule has 0 amide bonds. The summed E-state index contributed by atoms with van der Waals surface area (Å²) >= 11 is 0. The number of para-hydroxylation sites is 1. The van der Waals surface area contributed by atoms with Crippen LogP contribution in [0.25, 0.3) is 0 Å². The van der Waals surface area contributed by atoms with E-state index in [2.05, 4.69) is 5.32 Å². The lowest BCUT2D eigenvalue weighted by molar-refractivity contribution is 0.0527. The molecular weight excluding hydrogens is 242 g/mol. The number of esters is 1. The van der Waals surface area contributed by atoms with Crippen molar-refractivity contribution in [1.29, 1.82) is 0 Å². The normalized spacial score (nSPS) is 17.6. The number of hydrogen-bond donors (Lipinski definition) is 1. The number of benzene rings is 1. The van der Waals surface area contributed by atoms with Crippen LogP contribution in [0.1, 0.15) is 30.1 Å². The van der Waals surface area contributed by atoms with Gasteiger partial charge in [0, 0.05) is 5.69 Å². The second-order valence-corrected chi connectivity index (χ2v) is 4.35. The zero-order chi connectivity index (χ0) is 13.5. The largest absolute Gasteiger partial charge is 0.497 e. The Bertz CT molecular complexity index is 456. The Morgan fingerprint density at radius 1 is 1.47 bits per heavy atom. The van der Waals surface area contributed by atoms with Crippen LogP contribution >= 0.6 is 0 Å². The van der Waals surface area contributed by atoms with E-state index in [1.54, 1.807) is 19.3 Å². The van der Waals surface area contributed by atoms with Gasteiger partial charge in [-0.05, 0) is 38.0 Å². The third kappa shape index (κ3) is 3.74. The Hall–Kier alpha value is -1.97. The minimum atomic E-state index is -0.296. The summed E-state index contributed by atoms with van der Waals surface area (Å²) in [5, 5.41) is 3.26. The van der Waals surface area contributed by atoms with E-state index in [-0.39, 0.29) is 12.1 Å². The van der Waals surface area contributed by atoms with E-state index in [4.69, 9.17) is 9.47 Å². The van der Waals surface area contributed by atoms with Crippen molar-refractivity contribution in [2.24, 2.45) is 0 Å². The highest BCUT2D eigenvalue weighted by molar-refractivity contribution is 5.95. The predicted molar refractivity (Wildman–Crippen MR) is 74.1 cm³/mol. The highest BCUT2D eigenvalue weighted by Crippen LogP contribution is 2.18. The molecule has 1 heterocycles. The maximum atomic E-state index is 11.8. The summed E-state index contributed by atoms with van der Waals surface area (Å²) < 4.78 is 10.5. The van der Waals surface area contributed by atoms with Gasteiger partial charge in [0.15, 0.2) is 0 Å². The maximum absolute atomic E-state index is 11.8. The Balaban J connectivity index is 1.99. The SMILES string of the molecule is CCOC(=O)c1ccccc1NCC1CCC=CO1. The average Bonchev–Trinajstić information content (AvgIpc) is 2.47. The summed E-state index contributed by atoms with van der Waals surface area (Å²) in [6.07, 6.45) is 5.94. The van der Waals surface area contributed by atoms with Crippen molar-refractivity contribution in [1.82, 2.24) is 0 Å². The van der Waals surface area contributed by atoms with Crippen LogP contribution in [-0.2, 0) is 9.47 Å². The standard InChI is InChI=1S/C15H19NO3/c1-2-18-15(17)13-8-3-4-9-14(13)16-11-12-7-5-6-10-19-12/h3-4,6,8-10,12,16H,2,5,7,11H2,1H3. The molecule has 0 bridgehead atoms. The topological polar surface area (TPSA) is 47.6 Å². The first kappa shape index (κ1) is 13.5. The zero-order valence-electron chi connectivity index (χ0n) is 11.1. The Kier molecular flexibility index (Phi) is 4.84. The van der Waals surface area contributed by atoms with Crippen molar-refractivity contribution < 1.29 is 14.3 Å². The van der Waals surface area contributed by atoms with Crippen LogP contribution in [0.15, 0.2) is 36.6 Å². The molecule has 0 aliphatic carbocycles. The molecule has 4 heteroatoms. The second kappa shape index (κ2) is 6.83. The van der Waals surface area contributed by atoms with Gasteiger partial charge in [-0.25, -0.2) is 4.79 Å². The van der Waals surface area contributed by atoms with Crippen molar-refractivity contribution >= 4 is 11.7 Å². The summed E-state index contributed by atoms with van der Waals surface area (Å²) in [5.74, 6) is -0.296. The van der Waals surface area contributed by atoms with Gasteiger partial charge in [-0.2, -0.15) is 0 Å². The quantitative estimate of drug-likeness (QED) is 0.828. The van der Waals surface area contributed by atoms with Crippen molar-refractivity contribution in [2.45, 2.75) is 25.9 Å². The first-order valence-electron chi connectivity index (χ1n) is 6.61. The van der Waals surface area contributed by atoms with E-state index in [1.165, 1.54) is 0 Å². The van der Waals surface area contributed by atoms with Gasteiger partial charge >= 0.3 is 5.97 Å². The molecule has 2 rings (SSSR count). The van der Waals surface area contributed by atoms with Crippen LogP contribution in [0.3, 0.4) is 0 Å². The molecule has 1 aromatic rings. The Morgan fingerprint density at radius 3 is 3.05 bits per heavy atom. The summed E-state index contributed by atoms with van der Waals surface area (Å²) in [4.78, 5) is 11.8. The third-order valence-electron chi connectivity index (χ3n) is 2.97. The van der Waals surface area contributed by atoms with Crippen molar-refractivity contribution in [2.75, 3.05) is 18.5 Å². The molecule has 0 spiro atoms. The lowest BCUT2D eigenvalue weighted by atomic mass is 10.1. The van der Waals surface area contributed by atoms with E-state index in [9.17, 15) is 4.79 Å². The first-order valence-corrected chi connectivity index (χ1v) is 6.61. The van der Waals surface area contributed by atoms with Crippen LogP contribution in [-0.4, -0.2) is 25.2 Å². The van der Waals surface area contributed by atoms with Crippen molar-refractivity contribution in [3.63, 3.8) is 0 Å². The fraction of sp³-hybridized carbons (Fsp3) is 0.400. The number of carbonyl (C=O) groups is 1. The minimum absolute atomic E-state index is 0.153. The van der Waals surface area contributed by atoms with Crippen molar-refractivity contribution in [3.05, 3.63) is 42.2 Å². The van der Waals surface area contributed by atoms with E-state index in [0.29, 0.717) is 18.7 Å². The molecule has 4 nitrogen and oxygen atoms in total. The molecule has 102 valence electrons. The van der Waals surface area contributed by atoms with Crippen LogP contribution in [0.2, 0.25) is 0 Å². The Labute approximate surface area is 113 Å². The minimum Gasteiger partial charge on any atom is -0.497 e. The van der Waals surface area contributed by atoms with E-state index in [1.807, 2.05) is 24.3 Å². The molecule has 1 aliphatic rings. The zero-order valence-corrected chi connectivity index (χ0v) is 11.1. The number of allylic oxidation sites excluding steroid dienone is 1. The van der Waals surface area contributed by atoms with Gasteiger partial charge in [0.1, 0.15) is 6.10 Å². The molecule has 1 unspecified atom stereocenters. The molecule has 0 radical (unpaired) electrons. The first-order chi connectivity index (χ1) is 9.31. The molecule has 0 saturated heterocycles. The van der Waals surface area contributed by atoms with E-state index >= 15 is 0 Å². The average molecular weight is 261 g/mol. The van der Waals surface area contributed by atoms with Gasteiger partial charge in [-0.1, -0.05) is 12.1 Å². The van der Waals surface area contributed by atoms with Crippen LogP contribution in [0.4, 0.5) is 5.69 Å². The fourth-order valence-electron chi connectivity index (χ4n) is 1.98. The van der Waals surface area contributed by atoms with E-state index in [0.717, 1.165) is 18.5 Å². The van der Waals surface area contributed by atoms with Gasteiger partial charge in [0.05, 0.1) is 25.0 Å². The molecule has 1 aromatic carbocycles. The summed E-state index contributed by atoms with van der Waals surface area (Å²) in [6, 6.07) is 7.37. The van der Waals surface area contributed by atoms with Crippen molar-refractivity contribution in [3.8, 4) is 0 Å². The number of ether oxygens (including phenoxy) is 2. The molecule has 0 aromatic heterocycles. The van der Waals surface area contributed by atoms with Gasteiger partial charge < -0.3 is 14.8 Å². The van der Waals surface area contributed by atoms with Crippen LogP contribution in [0, 0.1) is 0 Å². The Morgan fingerprint density at radius 2 is 2.32 bits per heavy atom. The third-order valence-corrected chi connectivity index (χ3v) is 2.97. The number of nitrogens with one attached hydrogen (secondary N) is 1. The van der Waals surface area contributed by atoms with Gasteiger partial charge in [-0.3, -0.25) is 0 Å². The molecule has 0 fully saturated rings. The highest BCUT2D eigenvalue weighted by Gasteiger charge is 2.14. The highest BCUT2D eigenvalue weighted by atomic mass is 16.5. The second-order valence-electron chi connectivity index (χ2n) is 4.35. The van der Waals surface area contributed by atoms with Gasteiger partial charge in [-0.15, -0.1) is 0 Å². The fourth-order valence-corrected chi connectivity index (χ4v) is 1.98. The molecule has 1 atom stereocenters.